The molecular weight excluding hydrogens is 352 g/mol. The number of hydrogen-bond acceptors (Lipinski definition) is 3. The number of nitrogens with one attached hydrogen (secondary N) is 2. The molecule has 0 saturated carbocycles. The second-order valence-electron chi connectivity index (χ2n) is 5.76. The van der Waals surface area contributed by atoms with Crippen molar-refractivity contribution in [2.45, 2.75) is 6.10 Å². The SMILES string of the molecule is O=C(NCC(O)c1cccc2ccccc12)C(=O)Nc1cccc(Cl)c1. The van der Waals surface area contributed by atoms with Crippen LogP contribution in [0.5, 0.6) is 0 Å². The standard InChI is InChI=1S/C20H17ClN2O3/c21-14-7-4-8-15(11-14)23-20(26)19(25)22-12-18(24)17-10-3-6-13-5-1-2-9-16(13)17/h1-11,18,24H,12H2,(H,22,25)(H,23,26). The Bertz CT molecular complexity index is 953. The number of benzene rings is 3. The monoisotopic (exact) mass is 368 g/mol. The first-order valence-electron chi connectivity index (χ1n) is 8.05. The number of aliphatic hydroxyl groups is 1. The summed E-state index contributed by atoms with van der Waals surface area (Å²) < 4.78 is 0. The highest BCUT2D eigenvalue weighted by Crippen LogP contribution is 2.23. The third-order valence-corrected chi connectivity index (χ3v) is 4.16. The van der Waals surface area contributed by atoms with Gasteiger partial charge in [-0.3, -0.25) is 9.59 Å². The van der Waals surface area contributed by atoms with Gasteiger partial charge in [0.1, 0.15) is 0 Å². The lowest BCUT2D eigenvalue weighted by atomic mass is 10.0. The molecular formula is C20H17ClN2O3. The van der Waals surface area contributed by atoms with Crippen LogP contribution in [0.25, 0.3) is 10.8 Å². The fraction of sp³-hybridized carbons (Fsp3) is 0.100. The van der Waals surface area contributed by atoms with Crippen molar-refractivity contribution >= 4 is 39.9 Å². The van der Waals surface area contributed by atoms with Crippen LogP contribution >= 0.6 is 11.6 Å². The highest BCUT2D eigenvalue weighted by Gasteiger charge is 2.17. The van der Waals surface area contributed by atoms with E-state index < -0.39 is 17.9 Å². The Morgan fingerprint density at radius 3 is 2.50 bits per heavy atom. The van der Waals surface area contributed by atoms with Crippen LogP contribution in [0.4, 0.5) is 5.69 Å². The Morgan fingerprint density at radius 2 is 1.69 bits per heavy atom. The third kappa shape index (κ3) is 4.20. The van der Waals surface area contributed by atoms with Crippen LogP contribution in [0.2, 0.25) is 5.02 Å². The molecule has 1 unspecified atom stereocenters. The number of hydrogen-bond donors (Lipinski definition) is 3. The maximum Gasteiger partial charge on any atom is 0.313 e. The van der Waals surface area contributed by atoms with Gasteiger partial charge in [-0.15, -0.1) is 0 Å². The van der Waals surface area contributed by atoms with Gasteiger partial charge in [0.05, 0.1) is 6.10 Å². The van der Waals surface area contributed by atoms with Gasteiger partial charge < -0.3 is 15.7 Å². The van der Waals surface area contributed by atoms with Gasteiger partial charge in [-0.05, 0) is 34.5 Å². The van der Waals surface area contributed by atoms with Crippen LogP contribution in [0.3, 0.4) is 0 Å². The molecule has 132 valence electrons. The van der Waals surface area contributed by atoms with Gasteiger partial charge in [-0.2, -0.15) is 0 Å². The van der Waals surface area contributed by atoms with E-state index in [1.165, 1.54) is 6.07 Å². The van der Waals surface area contributed by atoms with Gasteiger partial charge >= 0.3 is 11.8 Å². The van der Waals surface area contributed by atoms with Crippen LogP contribution in [0.15, 0.2) is 66.7 Å². The summed E-state index contributed by atoms with van der Waals surface area (Å²) in [6, 6.07) is 19.7. The van der Waals surface area contributed by atoms with E-state index in [1.54, 1.807) is 24.3 Å². The van der Waals surface area contributed by atoms with E-state index in [2.05, 4.69) is 10.6 Å². The molecule has 0 saturated heterocycles. The number of anilines is 1. The van der Waals surface area contributed by atoms with E-state index in [4.69, 9.17) is 11.6 Å². The van der Waals surface area contributed by atoms with Crippen molar-refractivity contribution in [3.8, 4) is 0 Å². The molecule has 3 aromatic rings. The number of aliphatic hydroxyl groups excluding tert-OH is 1. The first-order chi connectivity index (χ1) is 12.5. The van der Waals surface area contributed by atoms with Crippen LogP contribution in [-0.4, -0.2) is 23.5 Å². The molecule has 3 rings (SSSR count). The van der Waals surface area contributed by atoms with E-state index in [0.29, 0.717) is 16.3 Å². The van der Waals surface area contributed by atoms with Crippen LogP contribution < -0.4 is 10.6 Å². The van der Waals surface area contributed by atoms with Crippen molar-refractivity contribution in [3.63, 3.8) is 0 Å². The van der Waals surface area contributed by atoms with E-state index in [0.717, 1.165) is 10.8 Å². The average Bonchev–Trinajstić information content (AvgIpc) is 2.65. The Balaban J connectivity index is 1.62. The Morgan fingerprint density at radius 1 is 0.962 bits per heavy atom. The zero-order valence-corrected chi connectivity index (χ0v) is 14.5. The average molecular weight is 369 g/mol. The van der Waals surface area contributed by atoms with Gasteiger partial charge in [0.25, 0.3) is 0 Å². The smallest absolute Gasteiger partial charge is 0.313 e. The lowest BCUT2D eigenvalue weighted by Gasteiger charge is -2.14. The molecule has 3 aromatic carbocycles. The number of amides is 2. The number of fused-ring (bicyclic) bond motifs is 1. The maximum atomic E-state index is 12.0. The summed E-state index contributed by atoms with van der Waals surface area (Å²) in [4.78, 5) is 23.9. The minimum atomic E-state index is -0.927. The molecule has 6 heteroatoms. The second-order valence-corrected chi connectivity index (χ2v) is 6.20. The van der Waals surface area contributed by atoms with Crippen molar-refractivity contribution in [3.05, 3.63) is 77.3 Å². The predicted molar refractivity (Wildman–Crippen MR) is 102 cm³/mol. The van der Waals surface area contributed by atoms with E-state index in [-0.39, 0.29) is 6.54 Å². The maximum absolute atomic E-state index is 12.0. The summed E-state index contributed by atoms with van der Waals surface area (Å²) in [5.41, 5.74) is 1.12. The molecule has 0 fully saturated rings. The van der Waals surface area contributed by atoms with Gasteiger partial charge in [0.2, 0.25) is 0 Å². The Hall–Kier alpha value is -2.89. The van der Waals surface area contributed by atoms with Gasteiger partial charge in [-0.25, -0.2) is 0 Å². The topological polar surface area (TPSA) is 78.4 Å². The van der Waals surface area contributed by atoms with Crippen molar-refractivity contribution in [1.82, 2.24) is 5.32 Å². The fourth-order valence-electron chi connectivity index (χ4n) is 2.67. The molecule has 0 aliphatic carbocycles. The van der Waals surface area contributed by atoms with Crippen LogP contribution in [0.1, 0.15) is 11.7 Å². The number of carbonyl (C=O) groups is 2. The summed E-state index contributed by atoms with van der Waals surface area (Å²) in [5.74, 6) is -1.65. The van der Waals surface area contributed by atoms with Crippen molar-refractivity contribution in [1.29, 1.82) is 0 Å². The fourth-order valence-corrected chi connectivity index (χ4v) is 2.87. The molecule has 0 heterocycles. The molecule has 1 atom stereocenters. The van der Waals surface area contributed by atoms with Gasteiger partial charge in [-0.1, -0.05) is 60.1 Å². The highest BCUT2D eigenvalue weighted by atomic mass is 35.5. The summed E-state index contributed by atoms with van der Waals surface area (Å²) in [6.45, 7) is -0.0736. The number of rotatable bonds is 4. The molecule has 0 bridgehead atoms. The molecule has 0 spiro atoms. The molecule has 0 aliphatic rings. The van der Waals surface area contributed by atoms with Crippen molar-refractivity contribution in [2.75, 3.05) is 11.9 Å². The summed E-state index contributed by atoms with van der Waals surface area (Å²) in [6.07, 6.45) is -0.927. The van der Waals surface area contributed by atoms with Gasteiger partial charge in [0.15, 0.2) is 0 Å². The summed E-state index contributed by atoms with van der Waals surface area (Å²) >= 11 is 5.84. The molecule has 2 amide bonds. The lowest BCUT2D eigenvalue weighted by Crippen LogP contribution is -2.37. The normalized spacial score (nSPS) is 11.8. The molecule has 0 aliphatic heterocycles. The van der Waals surface area contributed by atoms with Gasteiger partial charge in [0, 0.05) is 17.3 Å². The lowest BCUT2D eigenvalue weighted by molar-refractivity contribution is -0.136. The molecule has 0 radical (unpaired) electrons. The molecule has 26 heavy (non-hydrogen) atoms. The highest BCUT2D eigenvalue weighted by molar-refractivity contribution is 6.39. The summed E-state index contributed by atoms with van der Waals surface area (Å²) in [7, 11) is 0. The van der Waals surface area contributed by atoms with Crippen molar-refractivity contribution in [2.24, 2.45) is 0 Å². The van der Waals surface area contributed by atoms with E-state index >= 15 is 0 Å². The first kappa shape index (κ1) is 17.9. The predicted octanol–water partition coefficient (Wildman–Crippen LogP) is 3.28. The Labute approximate surface area is 155 Å². The largest absolute Gasteiger partial charge is 0.387 e. The number of carbonyl (C=O) groups excluding carboxylic acids is 2. The second kappa shape index (κ2) is 7.99. The van der Waals surface area contributed by atoms with E-state index in [9.17, 15) is 14.7 Å². The molecule has 0 aromatic heterocycles. The zero-order valence-electron chi connectivity index (χ0n) is 13.8. The first-order valence-corrected chi connectivity index (χ1v) is 8.43. The quantitative estimate of drug-likeness (QED) is 0.618. The number of halogens is 1. The Kier molecular flexibility index (Phi) is 5.51. The minimum absolute atomic E-state index is 0.0736. The van der Waals surface area contributed by atoms with Crippen LogP contribution in [0, 0.1) is 0 Å². The zero-order chi connectivity index (χ0) is 18.5. The van der Waals surface area contributed by atoms with Crippen molar-refractivity contribution < 1.29 is 14.7 Å². The summed E-state index contributed by atoms with van der Waals surface area (Å²) in [5, 5.41) is 17.7. The van der Waals surface area contributed by atoms with Crippen LogP contribution in [-0.2, 0) is 9.59 Å². The molecule has 5 nitrogen and oxygen atoms in total. The minimum Gasteiger partial charge on any atom is -0.387 e. The third-order valence-electron chi connectivity index (χ3n) is 3.93. The van der Waals surface area contributed by atoms with E-state index in [1.807, 2.05) is 36.4 Å². The molecule has 3 N–H and O–H groups in total.